The van der Waals surface area contributed by atoms with Crippen LogP contribution in [0.15, 0.2) is 78.9 Å². The van der Waals surface area contributed by atoms with E-state index in [9.17, 15) is 9.59 Å². The van der Waals surface area contributed by atoms with Crippen molar-refractivity contribution in [3.8, 4) is 11.5 Å². The van der Waals surface area contributed by atoms with Crippen LogP contribution in [0, 0.1) is 0 Å². The molecule has 0 saturated heterocycles. The molecular formula is C28H33N3O4. The Bertz CT molecular complexity index is 1090. The monoisotopic (exact) mass is 475 g/mol. The van der Waals surface area contributed by atoms with Gasteiger partial charge in [0, 0.05) is 37.3 Å². The fourth-order valence-electron chi connectivity index (χ4n) is 3.74. The quantitative estimate of drug-likeness (QED) is 0.414. The van der Waals surface area contributed by atoms with Crippen molar-refractivity contribution in [1.82, 2.24) is 10.2 Å². The summed E-state index contributed by atoms with van der Waals surface area (Å²) in [5, 5.41) is 6.28. The van der Waals surface area contributed by atoms with Gasteiger partial charge in [0.05, 0.1) is 14.2 Å². The van der Waals surface area contributed by atoms with Crippen molar-refractivity contribution in [1.29, 1.82) is 0 Å². The zero-order chi connectivity index (χ0) is 25.0. The minimum atomic E-state index is -0.697. The van der Waals surface area contributed by atoms with E-state index in [0.29, 0.717) is 37.4 Å². The van der Waals surface area contributed by atoms with Crippen LogP contribution in [0.4, 0.5) is 5.69 Å². The molecule has 7 nitrogen and oxygen atoms in total. The van der Waals surface area contributed by atoms with Gasteiger partial charge in [0.2, 0.25) is 5.91 Å². The van der Waals surface area contributed by atoms with Crippen molar-refractivity contribution < 1.29 is 19.1 Å². The molecule has 3 rings (SSSR count). The lowest BCUT2D eigenvalue weighted by Crippen LogP contribution is -2.50. The summed E-state index contributed by atoms with van der Waals surface area (Å²) < 4.78 is 10.4. The fraction of sp³-hybridized carbons (Fsp3) is 0.286. The Kier molecular flexibility index (Phi) is 9.54. The van der Waals surface area contributed by atoms with Crippen molar-refractivity contribution in [3.63, 3.8) is 0 Å². The highest BCUT2D eigenvalue weighted by Gasteiger charge is 2.26. The number of likely N-dealkylation sites (N-methyl/N-ethyl adjacent to an activating group) is 1. The number of ether oxygens (including phenoxy) is 2. The molecule has 0 fully saturated rings. The lowest BCUT2D eigenvalue weighted by atomic mass is 10.0. The summed E-state index contributed by atoms with van der Waals surface area (Å²) in [4.78, 5) is 28.3. The molecular weight excluding hydrogens is 442 g/mol. The number of methoxy groups -OCH3 is 2. The molecule has 0 aliphatic rings. The lowest BCUT2D eigenvalue weighted by molar-refractivity contribution is -0.132. The highest BCUT2D eigenvalue weighted by molar-refractivity contribution is 5.98. The molecule has 0 aliphatic heterocycles. The Morgan fingerprint density at radius 2 is 1.60 bits per heavy atom. The van der Waals surface area contributed by atoms with E-state index < -0.39 is 6.04 Å². The second kappa shape index (κ2) is 13.0. The summed E-state index contributed by atoms with van der Waals surface area (Å²) in [6, 6.07) is 23.5. The van der Waals surface area contributed by atoms with E-state index in [4.69, 9.17) is 9.47 Å². The Morgan fingerprint density at radius 3 is 2.26 bits per heavy atom. The molecule has 3 aromatic carbocycles. The Labute approximate surface area is 207 Å². The van der Waals surface area contributed by atoms with Gasteiger partial charge in [-0.2, -0.15) is 0 Å². The first kappa shape index (κ1) is 25.6. The minimum absolute atomic E-state index is 0.121. The van der Waals surface area contributed by atoms with Crippen LogP contribution in [-0.4, -0.2) is 56.6 Å². The smallest absolute Gasteiger partial charge is 0.252 e. The maximum atomic E-state index is 13.5. The zero-order valence-electron chi connectivity index (χ0n) is 20.5. The third-order valence-corrected chi connectivity index (χ3v) is 5.71. The highest BCUT2D eigenvalue weighted by Crippen LogP contribution is 2.16. The summed E-state index contributed by atoms with van der Waals surface area (Å²) >= 11 is 0. The minimum Gasteiger partial charge on any atom is -0.497 e. The first-order valence-corrected chi connectivity index (χ1v) is 11.7. The number of benzene rings is 3. The summed E-state index contributed by atoms with van der Waals surface area (Å²) in [5.74, 6) is 0.939. The van der Waals surface area contributed by atoms with Crippen LogP contribution in [0.5, 0.6) is 11.5 Å². The molecule has 2 amide bonds. The highest BCUT2D eigenvalue weighted by atomic mass is 16.5. The number of nitrogens with one attached hydrogen (secondary N) is 2. The average Bonchev–Trinajstić information content (AvgIpc) is 2.91. The number of anilines is 1. The number of nitrogens with zero attached hydrogens (tertiary/aromatic N) is 1. The van der Waals surface area contributed by atoms with E-state index in [1.165, 1.54) is 0 Å². The molecule has 0 heterocycles. The summed E-state index contributed by atoms with van der Waals surface area (Å²) in [6.07, 6.45) is 0.401. The van der Waals surface area contributed by atoms with Crippen molar-refractivity contribution in [3.05, 3.63) is 90.0 Å². The molecule has 0 radical (unpaired) electrons. The standard InChI is InChI=1S/C28H33N3O4/c1-4-31(18-17-29-23-13-15-24(34-2)16-14-23)28(33)26(19-21-9-6-5-7-10-21)30-27(32)22-11-8-12-25(20-22)35-3/h5-16,20,26,29H,4,17-19H2,1-3H3,(H,30,32)/t26-/m0/s1. The van der Waals surface area contributed by atoms with Gasteiger partial charge >= 0.3 is 0 Å². The van der Waals surface area contributed by atoms with Gasteiger partial charge in [-0.3, -0.25) is 9.59 Å². The van der Waals surface area contributed by atoms with Crippen LogP contribution >= 0.6 is 0 Å². The van der Waals surface area contributed by atoms with E-state index in [1.807, 2.05) is 61.5 Å². The van der Waals surface area contributed by atoms with Crippen LogP contribution in [0.25, 0.3) is 0 Å². The van der Waals surface area contributed by atoms with Crippen LogP contribution in [0.2, 0.25) is 0 Å². The molecule has 0 aromatic heterocycles. The van der Waals surface area contributed by atoms with Gasteiger partial charge in [-0.05, 0) is 55.0 Å². The molecule has 0 bridgehead atoms. The van der Waals surface area contributed by atoms with Gasteiger partial charge in [-0.1, -0.05) is 36.4 Å². The van der Waals surface area contributed by atoms with E-state index >= 15 is 0 Å². The maximum absolute atomic E-state index is 13.5. The van der Waals surface area contributed by atoms with Gasteiger partial charge in [-0.25, -0.2) is 0 Å². The maximum Gasteiger partial charge on any atom is 0.252 e. The largest absolute Gasteiger partial charge is 0.497 e. The topological polar surface area (TPSA) is 79.9 Å². The predicted molar refractivity (Wildman–Crippen MR) is 138 cm³/mol. The number of hydrogen-bond acceptors (Lipinski definition) is 5. The summed E-state index contributed by atoms with van der Waals surface area (Å²) in [7, 11) is 3.18. The van der Waals surface area contributed by atoms with Crippen molar-refractivity contribution >= 4 is 17.5 Å². The van der Waals surface area contributed by atoms with Gasteiger partial charge < -0.3 is 25.0 Å². The molecule has 1 atom stereocenters. The van der Waals surface area contributed by atoms with E-state index in [0.717, 1.165) is 17.0 Å². The predicted octanol–water partition coefficient (Wildman–Crippen LogP) is 4.01. The summed E-state index contributed by atoms with van der Waals surface area (Å²) in [6.45, 7) is 3.55. The second-order valence-electron chi connectivity index (χ2n) is 8.02. The Hall–Kier alpha value is -4.00. The molecule has 184 valence electrons. The number of amides is 2. The number of hydrogen-bond donors (Lipinski definition) is 2. The van der Waals surface area contributed by atoms with Crippen LogP contribution in [0.3, 0.4) is 0 Å². The number of carbonyl (C=O) groups excluding carboxylic acids is 2. The Morgan fingerprint density at radius 1 is 0.886 bits per heavy atom. The van der Waals surface area contributed by atoms with Crippen molar-refractivity contribution in [2.75, 3.05) is 39.2 Å². The van der Waals surface area contributed by atoms with Crippen molar-refractivity contribution in [2.45, 2.75) is 19.4 Å². The fourth-order valence-corrected chi connectivity index (χ4v) is 3.74. The van der Waals surface area contributed by atoms with Crippen LogP contribution in [0.1, 0.15) is 22.8 Å². The molecule has 7 heteroatoms. The summed E-state index contributed by atoms with van der Waals surface area (Å²) in [5.41, 5.74) is 2.37. The molecule has 0 unspecified atom stereocenters. The molecule has 35 heavy (non-hydrogen) atoms. The van der Waals surface area contributed by atoms with E-state index in [2.05, 4.69) is 10.6 Å². The van der Waals surface area contributed by atoms with Gasteiger partial charge in [0.25, 0.3) is 5.91 Å². The van der Waals surface area contributed by atoms with Crippen LogP contribution < -0.4 is 20.1 Å². The molecule has 0 saturated carbocycles. The molecule has 0 aliphatic carbocycles. The number of rotatable bonds is 12. The first-order chi connectivity index (χ1) is 17.0. The van der Waals surface area contributed by atoms with Gasteiger partial charge in [0.1, 0.15) is 17.5 Å². The van der Waals surface area contributed by atoms with E-state index in [-0.39, 0.29) is 11.8 Å². The first-order valence-electron chi connectivity index (χ1n) is 11.7. The normalized spacial score (nSPS) is 11.3. The lowest BCUT2D eigenvalue weighted by Gasteiger charge is -2.27. The SMILES string of the molecule is CCN(CCNc1ccc(OC)cc1)C(=O)[C@H](Cc1ccccc1)NC(=O)c1cccc(OC)c1. The van der Waals surface area contributed by atoms with Crippen molar-refractivity contribution in [2.24, 2.45) is 0 Å². The Balaban J connectivity index is 1.69. The third kappa shape index (κ3) is 7.50. The third-order valence-electron chi connectivity index (χ3n) is 5.71. The zero-order valence-corrected chi connectivity index (χ0v) is 20.5. The van der Waals surface area contributed by atoms with Gasteiger partial charge in [-0.15, -0.1) is 0 Å². The number of carbonyl (C=O) groups is 2. The van der Waals surface area contributed by atoms with Crippen LogP contribution in [-0.2, 0) is 11.2 Å². The molecule has 0 spiro atoms. The second-order valence-corrected chi connectivity index (χ2v) is 8.02. The average molecular weight is 476 g/mol. The molecule has 2 N–H and O–H groups in total. The van der Waals surface area contributed by atoms with Gasteiger partial charge in [0.15, 0.2) is 0 Å². The van der Waals surface area contributed by atoms with E-state index in [1.54, 1.807) is 43.4 Å². The molecule has 3 aromatic rings.